The first-order valence-electron chi connectivity index (χ1n) is 11.0. The highest BCUT2D eigenvalue weighted by Crippen LogP contribution is 2.60. The molecule has 4 fully saturated rings. The van der Waals surface area contributed by atoms with Gasteiger partial charge in [0.1, 0.15) is 0 Å². The normalized spacial score (nSPS) is 35.3. The lowest BCUT2D eigenvalue weighted by atomic mass is 9.48. The molecule has 4 bridgehead atoms. The van der Waals surface area contributed by atoms with Crippen molar-refractivity contribution in [1.29, 1.82) is 0 Å². The third-order valence-electron chi connectivity index (χ3n) is 7.85. The Morgan fingerprint density at radius 3 is 2.28 bits per heavy atom. The highest BCUT2D eigenvalue weighted by Gasteiger charge is 2.54. The van der Waals surface area contributed by atoms with Gasteiger partial charge < -0.3 is 5.32 Å². The molecule has 1 N–H and O–H groups in total. The average molecular weight is 395 g/mol. The molecule has 154 valence electrons. The van der Waals surface area contributed by atoms with E-state index in [1.54, 1.807) is 19.1 Å². The van der Waals surface area contributed by atoms with Crippen LogP contribution in [-0.4, -0.2) is 16.2 Å². The van der Waals surface area contributed by atoms with Gasteiger partial charge in [0.05, 0.1) is 4.92 Å². The summed E-state index contributed by atoms with van der Waals surface area (Å²) >= 11 is 0. The molecule has 5 nitrogen and oxygen atoms in total. The first-order valence-corrected chi connectivity index (χ1v) is 11.0. The number of nitrogens with one attached hydrogen (secondary N) is 1. The Balaban J connectivity index is 1.55. The van der Waals surface area contributed by atoms with Crippen LogP contribution in [-0.2, 0) is 11.2 Å². The molecule has 1 aromatic rings. The predicted molar refractivity (Wildman–Crippen MR) is 112 cm³/mol. The molecule has 0 radical (unpaired) electrons. The summed E-state index contributed by atoms with van der Waals surface area (Å²) in [4.78, 5) is 24.8. The summed E-state index contributed by atoms with van der Waals surface area (Å²) in [6.07, 6.45) is 9.60. The van der Waals surface area contributed by atoms with Crippen molar-refractivity contribution in [2.24, 2.45) is 23.2 Å². The van der Waals surface area contributed by atoms with Crippen LogP contribution in [0.4, 0.5) is 5.69 Å². The van der Waals surface area contributed by atoms with E-state index < -0.39 is 0 Å². The van der Waals surface area contributed by atoms with Gasteiger partial charge in [-0.3, -0.25) is 14.9 Å². The van der Waals surface area contributed by atoms with E-state index in [0.717, 1.165) is 60.3 Å². The van der Waals surface area contributed by atoms with Crippen molar-refractivity contribution >= 4 is 17.2 Å². The monoisotopic (exact) mass is 394 g/mol. The SMILES string of the molecule is Cc1cc2c(cc1[N+](=O)[O-])C(=CC(=O)C13CC4CC(CC(C4)C1)C3)NC(C)(C)C2. The Hall–Kier alpha value is -2.17. The molecule has 1 aromatic carbocycles. The smallest absolute Gasteiger partial charge is 0.272 e. The van der Waals surface area contributed by atoms with Crippen LogP contribution in [0, 0.1) is 40.2 Å². The fourth-order valence-corrected chi connectivity index (χ4v) is 7.11. The van der Waals surface area contributed by atoms with Gasteiger partial charge in [-0.05, 0) is 95.1 Å². The van der Waals surface area contributed by atoms with Crippen LogP contribution in [0.3, 0.4) is 0 Å². The average Bonchev–Trinajstić information content (AvgIpc) is 2.58. The van der Waals surface area contributed by atoms with Crippen LogP contribution in [0.5, 0.6) is 0 Å². The van der Waals surface area contributed by atoms with Crippen molar-refractivity contribution in [3.8, 4) is 0 Å². The van der Waals surface area contributed by atoms with Gasteiger partial charge in [-0.25, -0.2) is 0 Å². The summed E-state index contributed by atoms with van der Waals surface area (Å²) in [5.41, 5.74) is 3.09. The Morgan fingerprint density at radius 1 is 1.14 bits per heavy atom. The zero-order valence-electron chi connectivity index (χ0n) is 17.6. The second-order valence-electron chi connectivity index (χ2n) is 10.9. The molecule has 6 rings (SSSR count). The van der Waals surface area contributed by atoms with Crippen molar-refractivity contribution in [3.63, 3.8) is 0 Å². The zero-order chi connectivity index (χ0) is 20.6. The Labute approximate surface area is 172 Å². The molecule has 4 saturated carbocycles. The number of nitrogens with zero attached hydrogens (tertiary/aromatic N) is 1. The molecule has 0 atom stereocenters. The van der Waals surface area contributed by atoms with Crippen LogP contribution >= 0.6 is 0 Å². The summed E-state index contributed by atoms with van der Waals surface area (Å²) in [7, 11) is 0. The zero-order valence-corrected chi connectivity index (χ0v) is 17.6. The minimum Gasteiger partial charge on any atom is -0.379 e. The molecule has 1 aliphatic heterocycles. The topological polar surface area (TPSA) is 72.2 Å². The maximum Gasteiger partial charge on any atom is 0.272 e. The van der Waals surface area contributed by atoms with E-state index in [4.69, 9.17) is 0 Å². The lowest BCUT2D eigenvalue weighted by Crippen LogP contribution is -2.50. The number of ketones is 1. The van der Waals surface area contributed by atoms with E-state index in [2.05, 4.69) is 19.2 Å². The molecular formula is C24H30N2O3. The predicted octanol–water partition coefficient (Wildman–Crippen LogP) is 4.95. The van der Waals surface area contributed by atoms with Crippen molar-refractivity contribution in [3.05, 3.63) is 45.0 Å². The fourth-order valence-electron chi connectivity index (χ4n) is 7.11. The van der Waals surface area contributed by atoms with Gasteiger partial charge in [-0.2, -0.15) is 0 Å². The maximum atomic E-state index is 13.6. The lowest BCUT2D eigenvalue weighted by Gasteiger charge is -2.55. The largest absolute Gasteiger partial charge is 0.379 e. The Morgan fingerprint density at radius 2 is 1.72 bits per heavy atom. The van der Waals surface area contributed by atoms with Gasteiger partial charge in [-0.1, -0.05) is 0 Å². The number of benzene rings is 1. The highest BCUT2D eigenvalue weighted by molar-refractivity contribution is 6.01. The molecular weight excluding hydrogens is 364 g/mol. The lowest BCUT2D eigenvalue weighted by molar-refractivity contribution is -0.385. The minimum absolute atomic E-state index is 0.124. The highest BCUT2D eigenvalue weighted by atomic mass is 16.6. The third kappa shape index (κ3) is 3.10. The van der Waals surface area contributed by atoms with Gasteiger partial charge in [0.2, 0.25) is 0 Å². The molecule has 29 heavy (non-hydrogen) atoms. The van der Waals surface area contributed by atoms with E-state index >= 15 is 0 Å². The van der Waals surface area contributed by atoms with Crippen molar-refractivity contribution in [2.75, 3.05) is 0 Å². The number of hydrogen-bond donors (Lipinski definition) is 1. The van der Waals surface area contributed by atoms with Gasteiger partial charge >= 0.3 is 0 Å². The summed E-state index contributed by atoms with van der Waals surface area (Å²) in [6, 6.07) is 3.59. The quantitative estimate of drug-likeness (QED) is 0.447. The number of nitro benzene ring substituents is 1. The maximum absolute atomic E-state index is 13.6. The van der Waals surface area contributed by atoms with Gasteiger partial charge in [-0.15, -0.1) is 0 Å². The molecule has 0 unspecified atom stereocenters. The summed E-state index contributed by atoms with van der Waals surface area (Å²) < 4.78 is 0. The number of carbonyl (C=O) groups excluding carboxylic acids is 1. The van der Waals surface area contributed by atoms with Crippen molar-refractivity contribution in [2.45, 2.75) is 71.3 Å². The molecule has 5 aliphatic rings. The molecule has 4 aliphatic carbocycles. The number of allylic oxidation sites excluding steroid dienone is 1. The number of rotatable bonds is 3. The van der Waals surface area contributed by atoms with Crippen molar-refractivity contribution in [1.82, 2.24) is 5.32 Å². The minimum atomic E-state index is -0.326. The molecule has 5 heteroatoms. The number of carbonyl (C=O) groups is 1. The summed E-state index contributed by atoms with van der Waals surface area (Å²) in [5, 5.41) is 15.0. The van der Waals surface area contributed by atoms with E-state index in [0.29, 0.717) is 5.56 Å². The number of nitro groups is 1. The summed E-state index contributed by atoms with van der Waals surface area (Å²) in [5.74, 6) is 2.40. The van der Waals surface area contributed by atoms with Gasteiger partial charge in [0.15, 0.2) is 5.78 Å². The van der Waals surface area contributed by atoms with Crippen LogP contribution in [0.2, 0.25) is 0 Å². The Kier molecular flexibility index (Phi) is 4.00. The molecule has 0 amide bonds. The van der Waals surface area contributed by atoms with E-state index in [9.17, 15) is 14.9 Å². The Bertz CT molecular complexity index is 908. The summed E-state index contributed by atoms with van der Waals surface area (Å²) in [6.45, 7) is 6.03. The van der Waals surface area contributed by atoms with E-state index in [1.165, 1.54) is 19.3 Å². The molecule has 1 heterocycles. The van der Waals surface area contributed by atoms with Crippen LogP contribution in [0.15, 0.2) is 18.2 Å². The molecule has 0 saturated heterocycles. The second-order valence-corrected chi connectivity index (χ2v) is 10.9. The number of aryl methyl sites for hydroxylation is 1. The first kappa shape index (κ1) is 18.8. The van der Waals surface area contributed by atoms with Crippen molar-refractivity contribution < 1.29 is 9.72 Å². The van der Waals surface area contributed by atoms with Gasteiger partial charge in [0.25, 0.3) is 5.69 Å². The van der Waals surface area contributed by atoms with Crippen LogP contribution in [0.1, 0.15) is 69.1 Å². The third-order valence-corrected chi connectivity index (χ3v) is 7.85. The van der Waals surface area contributed by atoms with Crippen LogP contribution < -0.4 is 5.32 Å². The molecule has 0 spiro atoms. The fraction of sp³-hybridized carbons (Fsp3) is 0.625. The standard InChI is InChI=1S/C24H30N2O3/c1-14-4-18-13-23(2,3)25-20(19(18)8-21(14)26(28)29)9-22(27)24-10-15-5-16(11-24)7-17(6-15)12-24/h4,8-9,15-17,25H,5-7,10-13H2,1-3H3. The van der Waals surface area contributed by atoms with Crippen LogP contribution in [0.25, 0.3) is 5.70 Å². The second kappa shape index (κ2) is 6.16. The van der Waals surface area contributed by atoms with E-state index in [1.807, 2.05) is 6.07 Å². The van der Waals surface area contributed by atoms with E-state index in [-0.39, 0.29) is 27.3 Å². The van der Waals surface area contributed by atoms with Gasteiger partial charge in [0, 0.05) is 39.9 Å². The molecule has 0 aromatic heterocycles. The number of hydrogen-bond acceptors (Lipinski definition) is 4. The number of fused-ring (bicyclic) bond motifs is 1. The first-order chi connectivity index (χ1) is 13.6.